The van der Waals surface area contributed by atoms with Gasteiger partial charge in [-0.25, -0.2) is 0 Å². The standard InChI is InChI=1S/C11H16ClN3O2/c1-4-5-11(2,3)14-10-8(12)6-13-7-9(10)15(16)17/h6-7H,4-5H2,1-3H3,(H,13,14). The van der Waals surface area contributed by atoms with Crippen molar-refractivity contribution in [3.63, 3.8) is 0 Å². The summed E-state index contributed by atoms with van der Waals surface area (Å²) in [6, 6.07) is 0. The number of hydrogen-bond acceptors (Lipinski definition) is 4. The molecule has 6 heteroatoms. The zero-order chi connectivity index (χ0) is 13.1. The summed E-state index contributed by atoms with van der Waals surface area (Å²) < 4.78 is 0. The third-order valence-electron chi connectivity index (χ3n) is 2.41. The molecule has 1 rings (SSSR count). The Bertz CT molecular complexity index is 421. The SMILES string of the molecule is CCCC(C)(C)Nc1c(Cl)cncc1[N+](=O)[O-]. The lowest BCUT2D eigenvalue weighted by atomic mass is 9.98. The van der Waals surface area contributed by atoms with E-state index in [-0.39, 0.29) is 16.2 Å². The van der Waals surface area contributed by atoms with Crippen LogP contribution in [0.2, 0.25) is 5.02 Å². The van der Waals surface area contributed by atoms with Crippen LogP contribution in [0.4, 0.5) is 11.4 Å². The smallest absolute Gasteiger partial charge is 0.311 e. The number of halogens is 1. The van der Waals surface area contributed by atoms with Gasteiger partial charge in [0, 0.05) is 11.7 Å². The Kier molecular flexibility index (Phi) is 4.28. The summed E-state index contributed by atoms with van der Waals surface area (Å²) in [6.45, 7) is 6.03. The fraction of sp³-hybridized carbons (Fsp3) is 0.545. The summed E-state index contributed by atoms with van der Waals surface area (Å²) in [4.78, 5) is 14.1. The molecule has 0 atom stereocenters. The number of rotatable bonds is 5. The van der Waals surface area contributed by atoms with Crippen LogP contribution in [-0.4, -0.2) is 15.4 Å². The van der Waals surface area contributed by atoms with Crippen molar-refractivity contribution in [1.29, 1.82) is 0 Å². The van der Waals surface area contributed by atoms with E-state index in [1.54, 1.807) is 0 Å². The predicted molar refractivity (Wildman–Crippen MR) is 68.5 cm³/mol. The van der Waals surface area contributed by atoms with Crippen molar-refractivity contribution in [2.45, 2.75) is 39.2 Å². The number of aromatic nitrogens is 1. The van der Waals surface area contributed by atoms with Crippen molar-refractivity contribution in [3.8, 4) is 0 Å². The number of pyridine rings is 1. The van der Waals surface area contributed by atoms with E-state index in [4.69, 9.17) is 11.6 Å². The minimum absolute atomic E-state index is 0.0957. The molecule has 17 heavy (non-hydrogen) atoms. The van der Waals surface area contributed by atoms with Crippen molar-refractivity contribution < 1.29 is 4.92 Å². The molecule has 0 radical (unpaired) electrons. The van der Waals surface area contributed by atoms with E-state index in [0.29, 0.717) is 5.69 Å². The third-order valence-corrected chi connectivity index (χ3v) is 2.70. The molecule has 0 saturated carbocycles. The molecule has 0 aliphatic rings. The molecular weight excluding hydrogens is 242 g/mol. The van der Waals surface area contributed by atoms with E-state index < -0.39 is 4.92 Å². The predicted octanol–water partition coefficient (Wildman–Crippen LogP) is 3.63. The normalized spacial score (nSPS) is 11.3. The average molecular weight is 258 g/mol. The summed E-state index contributed by atoms with van der Waals surface area (Å²) >= 11 is 5.95. The van der Waals surface area contributed by atoms with E-state index >= 15 is 0 Å². The lowest BCUT2D eigenvalue weighted by molar-refractivity contribution is -0.384. The molecule has 0 bridgehead atoms. The topological polar surface area (TPSA) is 68.1 Å². The zero-order valence-electron chi connectivity index (χ0n) is 10.2. The minimum atomic E-state index is -0.483. The summed E-state index contributed by atoms with van der Waals surface area (Å²) in [6.07, 6.45) is 4.48. The van der Waals surface area contributed by atoms with Crippen LogP contribution in [0.1, 0.15) is 33.6 Å². The molecule has 94 valence electrons. The van der Waals surface area contributed by atoms with Crippen LogP contribution in [0.15, 0.2) is 12.4 Å². The molecule has 0 aromatic carbocycles. The molecule has 0 aliphatic carbocycles. The van der Waals surface area contributed by atoms with Gasteiger partial charge < -0.3 is 5.32 Å². The summed E-state index contributed by atoms with van der Waals surface area (Å²) in [5, 5.41) is 14.3. The molecule has 5 nitrogen and oxygen atoms in total. The Morgan fingerprint density at radius 3 is 2.71 bits per heavy atom. The molecule has 1 heterocycles. The fourth-order valence-electron chi connectivity index (χ4n) is 1.71. The molecule has 1 aromatic rings. The van der Waals surface area contributed by atoms with Crippen LogP contribution in [0.25, 0.3) is 0 Å². The van der Waals surface area contributed by atoms with Crippen molar-refractivity contribution in [2.24, 2.45) is 0 Å². The first-order valence-corrected chi connectivity index (χ1v) is 5.81. The number of hydrogen-bond donors (Lipinski definition) is 1. The molecule has 0 unspecified atom stereocenters. The first-order chi connectivity index (χ1) is 7.87. The van der Waals surface area contributed by atoms with Crippen LogP contribution >= 0.6 is 11.6 Å². The van der Waals surface area contributed by atoms with Gasteiger partial charge in [-0.05, 0) is 20.3 Å². The third kappa shape index (κ3) is 3.56. The second-order valence-electron chi connectivity index (χ2n) is 4.53. The average Bonchev–Trinajstić information content (AvgIpc) is 2.20. The van der Waals surface area contributed by atoms with Crippen LogP contribution in [0, 0.1) is 10.1 Å². The van der Waals surface area contributed by atoms with E-state index in [1.807, 2.05) is 13.8 Å². The second-order valence-corrected chi connectivity index (χ2v) is 4.94. The highest BCUT2D eigenvalue weighted by Crippen LogP contribution is 2.33. The Morgan fingerprint density at radius 2 is 2.18 bits per heavy atom. The highest BCUT2D eigenvalue weighted by molar-refractivity contribution is 6.33. The number of anilines is 1. The lowest BCUT2D eigenvalue weighted by Gasteiger charge is -2.27. The highest BCUT2D eigenvalue weighted by atomic mass is 35.5. The van der Waals surface area contributed by atoms with Gasteiger partial charge in [0.05, 0.1) is 9.95 Å². The molecule has 0 spiro atoms. The Balaban J connectivity index is 3.08. The maximum atomic E-state index is 10.9. The van der Waals surface area contributed by atoms with Crippen molar-refractivity contribution in [3.05, 3.63) is 27.5 Å². The number of nitrogens with zero attached hydrogens (tertiary/aromatic N) is 2. The molecule has 1 aromatic heterocycles. The van der Waals surface area contributed by atoms with Crippen LogP contribution < -0.4 is 5.32 Å². The zero-order valence-corrected chi connectivity index (χ0v) is 10.9. The van der Waals surface area contributed by atoms with Crippen LogP contribution in [-0.2, 0) is 0 Å². The minimum Gasteiger partial charge on any atom is -0.373 e. The van der Waals surface area contributed by atoms with E-state index in [0.717, 1.165) is 12.8 Å². The number of nitro groups is 1. The van der Waals surface area contributed by atoms with Gasteiger partial charge in [0.2, 0.25) is 0 Å². The van der Waals surface area contributed by atoms with Gasteiger partial charge in [-0.15, -0.1) is 0 Å². The van der Waals surface area contributed by atoms with Gasteiger partial charge in [0.1, 0.15) is 11.9 Å². The fourth-order valence-corrected chi connectivity index (χ4v) is 1.91. The van der Waals surface area contributed by atoms with Crippen molar-refractivity contribution >= 4 is 23.0 Å². The van der Waals surface area contributed by atoms with Gasteiger partial charge in [-0.3, -0.25) is 15.1 Å². The quantitative estimate of drug-likeness (QED) is 0.646. The van der Waals surface area contributed by atoms with Gasteiger partial charge in [-0.1, -0.05) is 24.9 Å². The Hall–Kier alpha value is -1.36. The van der Waals surface area contributed by atoms with Gasteiger partial charge in [0.15, 0.2) is 0 Å². The summed E-state index contributed by atoms with van der Waals surface area (Å²) in [5.41, 5.74) is -0.00313. The molecule has 0 fully saturated rings. The first-order valence-electron chi connectivity index (χ1n) is 5.43. The Labute approximate surface area is 105 Å². The van der Waals surface area contributed by atoms with Gasteiger partial charge >= 0.3 is 5.69 Å². The van der Waals surface area contributed by atoms with Gasteiger partial charge in [-0.2, -0.15) is 0 Å². The maximum absolute atomic E-state index is 10.9. The number of nitrogens with one attached hydrogen (secondary N) is 1. The van der Waals surface area contributed by atoms with Crippen molar-refractivity contribution in [1.82, 2.24) is 4.98 Å². The Morgan fingerprint density at radius 1 is 1.53 bits per heavy atom. The summed E-state index contributed by atoms with van der Waals surface area (Å²) in [5.74, 6) is 0. The van der Waals surface area contributed by atoms with Gasteiger partial charge in [0.25, 0.3) is 0 Å². The second kappa shape index (κ2) is 5.31. The summed E-state index contributed by atoms with van der Waals surface area (Å²) in [7, 11) is 0. The van der Waals surface area contributed by atoms with Crippen LogP contribution in [0.5, 0.6) is 0 Å². The first kappa shape index (κ1) is 13.7. The largest absolute Gasteiger partial charge is 0.373 e. The van der Waals surface area contributed by atoms with E-state index in [2.05, 4.69) is 17.2 Å². The molecule has 0 aliphatic heterocycles. The monoisotopic (exact) mass is 257 g/mol. The van der Waals surface area contributed by atoms with E-state index in [1.165, 1.54) is 12.4 Å². The molecule has 1 N–H and O–H groups in total. The lowest BCUT2D eigenvalue weighted by Crippen LogP contribution is -2.31. The molecule has 0 saturated heterocycles. The van der Waals surface area contributed by atoms with Crippen molar-refractivity contribution in [2.75, 3.05) is 5.32 Å². The highest BCUT2D eigenvalue weighted by Gasteiger charge is 2.24. The molecule has 0 amide bonds. The van der Waals surface area contributed by atoms with Crippen LogP contribution in [0.3, 0.4) is 0 Å². The van der Waals surface area contributed by atoms with E-state index in [9.17, 15) is 10.1 Å². The molecular formula is C11H16ClN3O2. The maximum Gasteiger partial charge on any atom is 0.311 e.